The number of nitriles is 1. The molecule has 4 nitrogen and oxygen atoms in total. The normalized spacial score (nSPS) is 11.2. The average Bonchev–Trinajstić information content (AvgIpc) is 2.78. The van der Waals surface area contributed by atoms with Gasteiger partial charge in [-0.05, 0) is 42.2 Å². The molecule has 0 fully saturated rings. The number of ether oxygens (including phenoxy) is 1. The summed E-state index contributed by atoms with van der Waals surface area (Å²) in [5, 5.41) is 8.86. The summed E-state index contributed by atoms with van der Waals surface area (Å²) < 4.78 is 44.7. The minimum atomic E-state index is -4.61. The van der Waals surface area contributed by atoms with Crippen molar-refractivity contribution < 1.29 is 17.9 Å². The van der Waals surface area contributed by atoms with Crippen LogP contribution in [0.4, 0.5) is 13.2 Å². The molecule has 0 aliphatic heterocycles. The standard InChI is InChI=1S/C24H22F3N3O/c1-2-3-4-5-18-14-29-23(30-15-18)19-8-6-17(7-9-19)16-31-21-11-10-20(13-28)22(12-21)24(25,26)27/h6-12,14-15H,2-5,16H2,1H3. The van der Waals surface area contributed by atoms with Gasteiger partial charge in [0.1, 0.15) is 12.4 Å². The van der Waals surface area contributed by atoms with Crippen LogP contribution in [0, 0.1) is 11.3 Å². The van der Waals surface area contributed by atoms with Crippen LogP contribution in [0.5, 0.6) is 5.75 Å². The molecule has 0 aliphatic carbocycles. The van der Waals surface area contributed by atoms with Crippen LogP contribution < -0.4 is 4.74 Å². The van der Waals surface area contributed by atoms with Crippen LogP contribution in [-0.2, 0) is 19.2 Å². The summed E-state index contributed by atoms with van der Waals surface area (Å²) in [6, 6.07) is 12.2. The van der Waals surface area contributed by atoms with Crippen molar-refractivity contribution in [2.75, 3.05) is 0 Å². The van der Waals surface area contributed by atoms with Gasteiger partial charge in [0.25, 0.3) is 0 Å². The SMILES string of the molecule is CCCCCc1cnc(-c2ccc(COc3ccc(C#N)c(C(F)(F)F)c3)cc2)nc1. The van der Waals surface area contributed by atoms with Crippen LogP contribution in [0.3, 0.4) is 0 Å². The summed E-state index contributed by atoms with van der Waals surface area (Å²) >= 11 is 0. The number of halogens is 3. The van der Waals surface area contributed by atoms with Gasteiger partial charge in [-0.25, -0.2) is 9.97 Å². The lowest BCUT2D eigenvalue weighted by atomic mass is 10.1. The number of hydrogen-bond acceptors (Lipinski definition) is 4. The molecule has 0 amide bonds. The highest BCUT2D eigenvalue weighted by molar-refractivity contribution is 5.55. The fourth-order valence-electron chi connectivity index (χ4n) is 3.07. The molecule has 0 saturated carbocycles. The first-order valence-corrected chi connectivity index (χ1v) is 10.0. The largest absolute Gasteiger partial charge is 0.489 e. The van der Waals surface area contributed by atoms with E-state index >= 15 is 0 Å². The molecule has 1 aromatic heterocycles. The second-order valence-electron chi connectivity index (χ2n) is 7.17. The van der Waals surface area contributed by atoms with Gasteiger partial charge < -0.3 is 4.74 Å². The smallest absolute Gasteiger partial charge is 0.417 e. The van der Waals surface area contributed by atoms with Crippen molar-refractivity contribution in [1.82, 2.24) is 9.97 Å². The Bertz CT molecular complexity index is 1040. The molecule has 0 atom stereocenters. The molecule has 3 rings (SSSR count). The van der Waals surface area contributed by atoms with Crippen LogP contribution in [-0.4, -0.2) is 9.97 Å². The number of unbranched alkanes of at least 4 members (excludes halogenated alkanes) is 2. The van der Waals surface area contributed by atoms with E-state index in [0.717, 1.165) is 41.7 Å². The zero-order valence-corrected chi connectivity index (χ0v) is 17.1. The Morgan fingerprint density at radius 3 is 2.29 bits per heavy atom. The maximum Gasteiger partial charge on any atom is 0.417 e. The van der Waals surface area contributed by atoms with Crippen LogP contribution >= 0.6 is 0 Å². The van der Waals surface area contributed by atoms with E-state index in [0.29, 0.717) is 5.82 Å². The van der Waals surface area contributed by atoms with Crippen molar-refractivity contribution in [3.63, 3.8) is 0 Å². The number of alkyl halides is 3. The molecule has 2 aromatic carbocycles. The third-order valence-electron chi connectivity index (χ3n) is 4.81. The molecule has 7 heteroatoms. The molecular weight excluding hydrogens is 403 g/mol. The van der Waals surface area contributed by atoms with Gasteiger partial charge >= 0.3 is 6.18 Å². The molecule has 31 heavy (non-hydrogen) atoms. The van der Waals surface area contributed by atoms with Crippen molar-refractivity contribution in [3.05, 3.63) is 77.1 Å². The first-order valence-electron chi connectivity index (χ1n) is 10.0. The fraction of sp³-hybridized carbons (Fsp3) is 0.292. The quantitative estimate of drug-likeness (QED) is 0.395. The molecule has 0 radical (unpaired) electrons. The van der Waals surface area contributed by atoms with Crippen LogP contribution in [0.15, 0.2) is 54.9 Å². The lowest BCUT2D eigenvalue weighted by Gasteiger charge is -2.12. The average molecular weight is 425 g/mol. The van der Waals surface area contributed by atoms with Crippen molar-refractivity contribution in [1.29, 1.82) is 5.26 Å². The molecule has 3 aromatic rings. The molecule has 0 unspecified atom stereocenters. The Hall–Kier alpha value is -3.40. The summed E-state index contributed by atoms with van der Waals surface area (Å²) in [4.78, 5) is 8.85. The van der Waals surface area contributed by atoms with Gasteiger partial charge in [0.15, 0.2) is 5.82 Å². The molecule has 1 heterocycles. The molecule has 0 aliphatic rings. The molecule has 0 spiro atoms. The predicted molar refractivity (Wildman–Crippen MR) is 111 cm³/mol. The monoisotopic (exact) mass is 425 g/mol. The lowest BCUT2D eigenvalue weighted by molar-refractivity contribution is -0.137. The highest BCUT2D eigenvalue weighted by Gasteiger charge is 2.34. The maximum absolute atomic E-state index is 13.1. The van der Waals surface area contributed by atoms with E-state index in [2.05, 4.69) is 16.9 Å². The summed E-state index contributed by atoms with van der Waals surface area (Å²) in [5.74, 6) is 0.672. The van der Waals surface area contributed by atoms with E-state index in [9.17, 15) is 13.2 Å². The Morgan fingerprint density at radius 2 is 1.68 bits per heavy atom. The number of nitrogens with zero attached hydrogens (tertiary/aromatic N) is 3. The van der Waals surface area contributed by atoms with Crippen molar-refractivity contribution in [2.24, 2.45) is 0 Å². The van der Waals surface area contributed by atoms with Crippen LogP contribution in [0.1, 0.15) is 48.4 Å². The summed E-state index contributed by atoms with van der Waals surface area (Å²) in [7, 11) is 0. The minimum absolute atomic E-state index is 0.0531. The minimum Gasteiger partial charge on any atom is -0.489 e. The zero-order chi connectivity index (χ0) is 22.3. The third-order valence-corrected chi connectivity index (χ3v) is 4.81. The Balaban J connectivity index is 1.63. The fourth-order valence-corrected chi connectivity index (χ4v) is 3.07. The van der Waals surface area contributed by atoms with E-state index in [1.807, 2.05) is 36.7 Å². The molecular formula is C24H22F3N3O. The second-order valence-corrected chi connectivity index (χ2v) is 7.17. The number of aryl methyl sites for hydroxylation is 1. The Morgan fingerprint density at radius 1 is 0.968 bits per heavy atom. The van der Waals surface area contributed by atoms with E-state index in [1.165, 1.54) is 18.9 Å². The van der Waals surface area contributed by atoms with Crippen molar-refractivity contribution in [2.45, 2.75) is 45.4 Å². The van der Waals surface area contributed by atoms with Gasteiger partial charge in [0, 0.05) is 18.0 Å². The van der Waals surface area contributed by atoms with Crippen LogP contribution in [0.2, 0.25) is 0 Å². The highest BCUT2D eigenvalue weighted by Crippen LogP contribution is 2.34. The third kappa shape index (κ3) is 6.05. The van der Waals surface area contributed by atoms with E-state index in [1.54, 1.807) is 6.07 Å². The molecule has 0 saturated heterocycles. The van der Waals surface area contributed by atoms with Gasteiger partial charge in [-0.15, -0.1) is 0 Å². The van der Waals surface area contributed by atoms with Gasteiger partial charge in [-0.2, -0.15) is 18.4 Å². The lowest BCUT2D eigenvalue weighted by Crippen LogP contribution is -2.08. The van der Waals surface area contributed by atoms with Gasteiger partial charge in [-0.1, -0.05) is 44.0 Å². The first-order chi connectivity index (χ1) is 14.9. The zero-order valence-electron chi connectivity index (χ0n) is 17.1. The number of aromatic nitrogens is 2. The first kappa shape index (κ1) is 22.3. The maximum atomic E-state index is 13.1. The van der Waals surface area contributed by atoms with Crippen molar-refractivity contribution in [3.8, 4) is 23.2 Å². The van der Waals surface area contributed by atoms with E-state index in [4.69, 9.17) is 10.00 Å². The molecule has 0 bridgehead atoms. The molecule has 160 valence electrons. The van der Waals surface area contributed by atoms with Gasteiger partial charge in [0.2, 0.25) is 0 Å². The van der Waals surface area contributed by atoms with Crippen molar-refractivity contribution >= 4 is 0 Å². The summed E-state index contributed by atoms with van der Waals surface area (Å²) in [5.41, 5.74) is 1.32. The number of hydrogen-bond donors (Lipinski definition) is 0. The summed E-state index contributed by atoms with van der Waals surface area (Å²) in [6.45, 7) is 2.26. The number of rotatable bonds is 8. The van der Waals surface area contributed by atoms with Crippen LogP contribution in [0.25, 0.3) is 11.4 Å². The summed E-state index contributed by atoms with van der Waals surface area (Å²) in [6.07, 6.45) is 3.52. The Kier molecular flexibility index (Phi) is 7.24. The van der Waals surface area contributed by atoms with Gasteiger partial charge in [-0.3, -0.25) is 0 Å². The van der Waals surface area contributed by atoms with E-state index < -0.39 is 17.3 Å². The number of benzene rings is 2. The van der Waals surface area contributed by atoms with E-state index in [-0.39, 0.29) is 12.4 Å². The highest BCUT2D eigenvalue weighted by atomic mass is 19.4. The molecule has 0 N–H and O–H groups in total. The second kappa shape index (κ2) is 10.1. The predicted octanol–water partition coefficient (Wildman–Crippen LogP) is 6.35. The van der Waals surface area contributed by atoms with Gasteiger partial charge in [0.05, 0.1) is 17.2 Å². The Labute approximate surface area is 179 Å². The topological polar surface area (TPSA) is 58.8 Å².